The van der Waals surface area contributed by atoms with Gasteiger partial charge in [-0.2, -0.15) is 0 Å². The SMILES string of the molecule is CC(C)COC(=O)Nc1cccc(Br)c1. The quantitative estimate of drug-likeness (QED) is 0.912. The normalized spacial score (nSPS) is 10.1. The number of hydrogen-bond donors (Lipinski definition) is 1. The van der Waals surface area contributed by atoms with Crippen LogP contribution in [0.2, 0.25) is 0 Å². The summed E-state index contributed by atoms with van der Waals surface area (Å²) in [5.41, 5.74) is 0.720. The topological polar surface area (TPSA) is 38.3 Å². The molecule has 0 aliphatic carbocycles. The summed E-state index contributed by atoms with van der Waals surface area (Å²) >= 11 is 3.32. The van der Waals surface area contributed by atoms with Gasteiger partial charge < -0.3 is 4.74 Å². The fraction of sp³-hybridized carbons (Fsp3) is 0.364. The van der Waals surface area contributed by atoms with Crippen molar-refractivity contribution in [3.05, 3.63) is 28.7 Å². The van der Waals surface area contributed by atoms with Crippen molar-refractivity contribution in [1.29, 1.82) is 0 Å². The zero-order valence-corrected chi connectivity index (χ0v) is 10.4. The Labute approximate surface area is 97.9 Å². The standard InChI is InChI=1S/C11H14BrNO2/c1-8(2)7-15-11(14)13-10-5-3-4-9(12)6-10/h3-6,8H,7H2,1-2H3,(H,13,14). The lowest BCUT2D eigenvalue weighted by atomic mass is 10.2. The van der Waals surface area contributed by atoms with Crippen LogP contribution >= 0.6 is 15.9 Å². The van der Waals surface area contributed by atoms with Gasteiger partial charge in [-0.3, -0.25) is 5.32 Å². The Kier molecular flexibility index (Phi) is 4.62. The number of carbonyl (C=O) groups is 1. The van der Waals surface area contributed by atoms with Gasteiger partial charge in [0.05, 0.1) is 6.61 Å². The van der Waals surface area contributed by atoms with Gasteiger partial charge in [0.25, 0.3) is 0 Å². The van der Waals surface area contributed by atoms with E-state index in [2.05, 4.69) is 21.2 Å². The Morgan fingerprint density at radius 2 is 2.27 bits per heavy atom. The second kappa shape index (κ2) is 5.75. The number of anilines is 1. The van der Waals surface area contributed by atoms with E-state index >= 15 is 0 Å². The van der Waals surface area contributed by atoms with Gasteiger partial charge in [-0.1, -0.05) is 35.8 Å². The van der Waals surface area contributed by atoms with Crippen LogP contribution in [-0.2, 0) is 4.74 Å². The molecule has 4 heteroatoms. The highest BCUT2D eigenvalue weighted by Crippen LogP contribution is 2.15. The lowest BCUT2D eigenvalue weighted by molar-refractivity contribution is 0.147. The summed E-state index contributed by atoms with van der Waals surface area (Å²) in [4.78, 5) is 11.3. The van der Waals surface area contributed by atoms with Gasteiger partial charge in [0, 0.05) is 10.2 Å². The highest BCUT2D eigenvalue weighted by Gasteiger charge is 2.04. The minimum Gasteiger partial charge on any atom is -0.449 e. The summed E-state index contributed by atoms with van der Waals surface area (Å²) in [6.07, 6.45) is -0.415. The summed E-state index contributed by atoms with van der Waals surface area (Å²) in [6.45, 7) is 4.42. The molecule has 0 saturated carbocycles. The molecule has 0 aliphatic rings. The molecule has 15 heavy (non-hydrogen) atoms. The number of carbonyl (C=O) groups excluding carboxylic acids is 1. The highest BCUT2D eigenvalue weighted by molar-refractivity contribution is 9.10. The minimum atomic E-state index is -0.415. The highest BCUT2D eigenvalue weighted by atomic mass is 79.9. The van der Waals surface area contributed by atoms with Crippen LogP contribution in [0.1, 0.15) is 13.8 Å². The fourth-order valence-corrected chi connectivity index (χ4v) is 1.36. The van der Waals surface area contributed by atoms with Gasteiger partial charge in [-0.25, -0.2) is 4.79 Å². The predicted octanol–water partition coefficient (Wildman–Crippen LogP) is 3.65. The van der Waals surface area contributed by atoms with E-state index in [9.17, 15) is 4.79 Å². The van der Waals surface area contributed by atoms with Crippen LogP contribution in [0.5, 0.6) is 0 Å². The largest absolute Gasteiger partial charge is 0.449 e. The molecule has 0 radical (unpaired) electrons. The van der Waals surface area contributed by atoms with E-state index in [1.54, 1.807) is 6.07 Å². The van der Waals surface area contributed by atoms with Gasteiger partial charge in [0.1, 0.15) is 0 Å². The number of halogens is 1. The van der Waals surface area contributed by atoms with Gasteiger partial charge in [-0.05, 0) is 24.1 Å². The second-order valence-corrected chi connectivity index (χ2v) is 4.54. The van der Waals surface area contributed by atoms with Crippen molar-refractivity contribution in [2.45, 2.75) is 13.8 Å². The van der Waals surface area contributed by atoms with Crippen LogP contribution in [0.15, 0.2) is 28.7 Å². The first-order chi connectivity index (χ1) is 7.08. The fourth-order valence-electron chi connectivity index (χ4n) is 0.963. The molecule has 0 saturated heterocycles. The van der Waals surface area contributed by atoms with Crippen LogP contribution in [-0.4, -0.2) is 12.7 Å². The summed E-state index contributed by atoms with van der Waals surface area (Å²) < 4.78 is 5.90. The first-order valence-corrected chi connectivity index (χ1v) is 5.56. The van der Waals surface area contributed by atoms with Crippen molar-refractivity contribution in [3.63, 3.8) is 0 Å². The molecule has 1 rings (SSSR count). The Morgan fingerprint density at radius 3 is 2.87 bits per heavy atom. The summed E-state index contributed by atoms with van der Waals surface area (Å²) in [6, 6.07) is 7.37. The molecule has 0 atom stereocenters. The van der Waals surface area contributed by atoms with Crippen LogP contribution in [0.25, 0.3) is 0 Å². The molecular formula is C11H14BrNO2. The Hall–Kier alpha value is -1.03. The van der Waals surface area contributed by atoms with E-state index in [1.165, 1.54) is 0 Å². The average Bonchev–Trinajstić information content (AvgIpc) is 2.15. The third-order valence-corrected chi connectivity index (χ3v) is 2.11. The maximum atomic E-state index is 11.3. The first kappa shape index (κ1) is 12.0. The minimum absolute atomic E-state index is 0.346. The zero-order valence-electron chi connectivity index (χ0n) is 8.79. The van der Waals surface area contributed by atoms with Crippen molar-refractivity contribution in [3.8, 4) is 0 Å². The third kappa shape index (κ3) is 4.83. The summed E-state index contributed by atoms with van der Waals surface area (Å²) in [7, 11) is 0. The number of hydrogen-bond acceptors (Lipinski definition) is 2. The molecular weight excluding hydrogens is 258 g/mol. The molecule has 0 heterocycles. The molecule has 0 fully saturated rings. The van der Waals surface area contributed by atoms with Crippen LogP contribution in [0.3, 0.4) is 0 Å². The van der Waals surface area contributed by atoms with E-state index in [0.29, 0.717) is 12.5 Å². The average molecular weight is 272 g/mol. The lowest BCUT2D eigenvalue weighted by Crippen LogP contribution is -2.16. The van der Waals surface area contributed by atoms with E-state index < -0.39 is 6.09 Å². The zero-order chi connectivity index (χ0) is 11.3. The van der Waals surface area contributed by atoms with Crippen LogP contribution in [0.4, 0.5) is 10.5 Å². The predicted molar refractivity (Wildman–Crippen MR) is 64.0 cm³/mol. The molecule has 1 aromatic rings. The number of amides is 1. The van der Waals surface area contributed by atoms with Crippen molar-refractivity contribution >= 4 is 27.7 Å². The number of ether oxygens (including phenoxy) is 1. The third-order valence-electron chi connectivity index (χ3n) is 1.62. The van der Waals surface area contributed by atoms with E-state index in [0.717, 1.165) is 10.2 Å². The lowest BCUT2D eigenvalue weighted by Gasteiger charge is -2.08. The molecule has 0 bridgehead atoms. The van der Waals surface area contributed by atoms with Gasteiger partial charge in [0.15, 0.2) is 0 Å². The Morgan fingerprint density at radius 1 is 1.53 bits per heavy atom. The Balaban J connectivity index is 2.44. The summed E-state index contributed by atoms with van der Waals surface area (Å²) in [5, 5.41) is 2.65. The molecule has 82 valence electrons. The van der Waals surface area contributed by atoms with Crippen molar-refractivity contribution in [2.24, 2.45) is 5.92 Å². The number of rotatable bonds is 3. The smallest absolute Gasteiger partial charge is 0.411 e. The maximum absolute atomic E-state index is 11.3. The van der Waals surface area contributed by atoms with Crippen molar-refractivity contribution in [1.82, 2.24) is 0 Å². The monoisotopic (exact) mass is 271 g/mol. The molecule has 3 nitrogen and oxygen atoms in total. The van der Waals surface area contributed by atoms with Gasteiger partial charge >= 0.3 is 6.09 Å². The van der Waals surface area contributed by atoms with Crippen molar-refractivity contribution in [2.75, 3.05) is 11.9 Å². The molecule has 0 unspecified atom stereocenters. The first-order valence-electron chi connectivity index (χ1n) is 4.77. The molecule has 1 aromatic carbocycles. The molecule has 1 amide bonds. The second-order valence-electron chi connectivity index (χ2n) is 3.63. The van der Waals surface area contributed by atoms with E-state index in [-0.39, 0.29) is 0 Å². The van der Waals surface area contributed by atoms with Crippen molar-refractivity contribution < 1.29 is 9.53 Å². The summed E-state index contributed by atoms with van der Waals surface area (Å²) in [5.74, 6) is 0.346. The van der Waals surface area contributed by atoms with Crippen LogP contribution < -0.4 is 5.32 Å². The van der Waals surface area contributed by atoms with E-state index in [1.807, 2.05) is 32.0 Å². The molecule has 0 aromatic heterocycles. The Bertz CT molecular complexity index is 339. The maximum Gasteiger partial charge on any atom is 0.411 e. The van der Waals surface area contributed by atoms with Gasteiger partial charge in [-0.15, -0.1) is 0 Å². The van der Waals surface area contributed by atoms with Crippen LogP contribution in [0, 0.1) is 5.92 Å². The number of nitrogens with one attached hydrogen (secondary N) is 1. The van der Waals surface area contributed by atoms with E-state index in [4.69, 9.17) is 4.74 Å². The van der Waals surface area contributed by atoms with Gasteiger partial charge in [0.2, 0.25) is 0 Å². The molecule has 1 N–H and O–H groups in total. The molecule has 0 spiro atoms. The molecule has 0 aliphatic heterocycles. The number of benzene rings is 1.